The zero-order chi connectivity index (χ0) is 23.6. The quantitative estimate of drug-likeness (QED) is 0.356. The number of carbonyl (C=O) groups is 1. The van der Waals surface area contributed by atoms with Gasteiger partial charge in [-0.1, -0.05) is 24.1 Å². The van der Waals surface area contributed by atoms with Crippen LogP contribution in [0.15, 0.2) is 30.6 Å². The van der Waals surface area contributed by atoms with Gasteiger partial charge in [0.15, 0.2) is 0 Å². The van der Waals surface area contributed by atoms with Crippen LogP contribution in [-0.4, -0.2) is 50.9 Å². The van der Waals surface area contributed by atoms with E-state index in [2.05, 4.69) is 24.6 Å². The Labute approximate surface area is 197 Å². The highest BCUT2D eigenvalue weighted by atomic mass is 32.2. The summed E-state index contributed by atoms with van der Waals surface area (Å²) in [5, 5.41) is 3.76. The molecule has 6 nitrogen and oxygen atoms in total. The first-order valence-electron chi connectivity index (χ1n) is 10.3. The lowest BCUT2D eigenvalue weighted by atomic mass is 10.1. The Morgan fingerprint density at radius 1 is 1.21 bits per heavy atom. The third kappa shape index (κ3) is 5.36. The molecule has 0 unspecified atom stereocenters. The highest BCUT2D eigenvalue weighted by Crippen LogP contribution is 2.40. The van der Waals surface area contributed by atoms with E-state index in [0.717, 1.165) is 60.9 Å². The predicted molar refractivity (Wildman–Crippen MR) is 125 cm³/mol. The van der Waals surface area contributed by atoms with Crippen LogP contribution in [0, 0.1) is 6.92 Å². The van der Waals surface area contributed by atoms with E-state index in [1.807, 2.05) is 13.2 Å². The lowest BCUT2D eigenvalue weighted by molar-refractivity contribution is -0.137. The van der Waals surface area contributed by atoms with Crippen molar-refractivity contribution >= 4 is 35.5 Å². The van der Waals surface area contributed by atoms with Crippen molar-refractivity contribution in [2.24, 2.45) is 0 Å². The number of piperidine rings is 1. The number of benzene rings is 1. The SMILES string of the molecule is CSN1CCC(Nc2ncc(C(F)(F)F)c(-c3cnc(-c4ccc(C=O)cc4C)s3)n2)CC1. The van der Waals surface area contributed by atoms with E-state index in [1.54, 1.807) is 30.1 Å². The molecule has 1 aliphatic heterocycles. The molecule has 1 fully saturated rings. The maximum Gasteiger partial charge on any atom is 0.420 e. The second-order valence-corrected chi connectivity index (χ2v) is 9.62. The monoisotopic (exact) mass is 493 g/mol. The topological polar surface area (TPSA) is 71.0 Å². The summed E-state index contributed by atoms with van der Waals surface area (Å²) >= 11 is 2.82. The van der Waals surface area contributed by atoms with Gasteiger partial charge in [-0.05, 0) is 37.7 Å². The van der Waals surface area contributed by atoms with Gasteiger partial charge in [-0.25, -0.2) is 15.0 Å². The van der Waals surface area contributed by atoms with Crippen molar-refractivity contribution in [2.45, 2.75) is 32.0 Å². The van der Waals surface area contributed by atoms with Crippen LogP contribution in [0.5, 0.6) is 0 Å². The number of aryl methyl sites for hydroxylation is 1. The van der Waals surface area contributed by atoms with Crippen LogP contribution < -0.4 is 5.32 Å². The number of thiazole rings is 1. The average Bonchev–Trinajstić information content (AvgIpc) is 3.28. The Morgan fingerprint density at radius 2 is 1.97 bits per heavy atom. The fourth-order valence-corrected chi connectivity index (χ4v) is 5.31. The van der Waals surface area contributed by atoms with E-state index < -0.39 is 11.7 Å². The second kappa shape index (κ2) is 9.78. The Hall–Kier alpha value is -2.50. The van der Waals surface area contributed by atoms with E-state index in [1.165, 1.54) is 6.20 Å². The summed E-state index contributed by atoms with van der Waals surface area (Å²) in [5.41, 5.74) is 1.03. The van der Waals surface area contributed by atoms with Crippen molar-refractivity contribution in [2.75, 3.05) is 24.7 Å². The number of hydrogen-bond acceptors (Lipinski definition) is 8. The molecule has 0 atom stereocenters. The number of nitrogens with zero attached hydrogens (tertiary/aromatic N) is 4. The van der Waals surface area contributed by atoms with Crippen molar-refractivity contribution in [1.82, 2.24) is 19.3 Å². The largest absolute Gasteiger partial charge is 0.420 e. The van der Waals surface area contributed by atoms with E-state index in [9.17, 15) is 18.0 Å². The van der Waals surface area contributed by atoms with Gasteiger partial charge in [0, 0.05) is 42.7 Å². The minimum Gasteiger partial charge on any atom is -0.351 e. The Morgan fingerprint density at radius 3 is 2.61 bits per heavy atom. The van der Waals surface area contributed by atoms with Crippen molar-refractivity contribution in [1.29, 1.82) is 0 Å². The van der Waals surface area contributed by atoms with Crippen molar-refractivity contribution in [3.63, 3.8) is 0 Å². The summed E-state index contributed by atoms with van der Waals surface area (Å²) in [4.78, 5) is 23.8. The fraction of sp³-hybridized carbons (Fsp3) is 0.364. The summed E-state index contributed by atoms with van der Waals surface area (Å²) in [5.74, 6) is 0.182. The molecule has 1 aromatic carbocycles. The fourth-order valence-electron chi connectivity index (χ4n) is 3.72. The molecule has 3 heterocycles. The molecule has 0 saturated carbocycles. The highest BCUT2D eigenvalue weighted by molar-refractivity contribution is 7.96. The molecule has 3 aromatic rings. The molecule has 4 rings (SSSR count). The van der Waals surface area contributed by atoms with Crippen LogP contribution >= 0.6 is 23.3 Å². The molecule has 0 aliphatic carbocycles. The van der Waals surface area contributed by atoms with E-state index >= 15 is 0 Å². The molecule has 1 saturated heterocycles. The van der Waals surface area contributed by atoms with Gasteiger partial charge in [-0.2, -0.15) is 13.2 Å². The van der Waals surface area contributed by atoms with Crippen LogP contribution in [0.3, 0.4) is 0 Å². The van der Waals surface area contributed by atoms with Gasteiger partial charge < -0.3 is 5.32 Å². The number of aldehydes is 1. The first kappa shape index (κ1) is 23.7. The summed E-state index contributed by atoms with van der Waals surface area (Å²) in [6.07, 6.45) is 2.16. The standard InChI is InChI=1S/C22H22F3N5OS2/c1-13-9-14(12-31)3-4-16(13)20-26-11-18(33-20)19-17(22(23,24)25)10-27-21(29-19)28-15-5-7-30(32-2)8-6-15/h3-4,9-12,15H,5-8H2,1-2H3,(H,27,28,29). The van der Waals surface area contributed by atoms with Gasteiger partial charge in [-0.15, -0.1) is 11.3 Å². The van der Waals surface area contributed by atoms with Gasteiger partial charge in [0.1, 0.15) is 16.9 Å². The molecule has 1 N–H and O–H groups in total. The number of nitrogens with one attached hydrogen (secondary N) is 1. The molecular weight excluding hydrogens is 471 g/mol. The smallest absolute Gasteiger partial charge is 0.351 e. The molecule has 2 aromatic heterocycles. The number of halogens is 3. The van der Waals surface area contributed by atoms with Crippen LogP contribution in [0.25, 0.3) is 21.1 Å². The van der Waals surface area contributed by atoms with Crippen LogP contribution in [-0.2, 0) is 6.18 Å². The number of alkyl halides is 3. The second-order valence-electron chi connectivity index (χ2n) is 7.71. The zero-order valence-electron chi connectivity index (χ0n) is 18.0. The molecular formula is C22H22F3N5OS2. The average molecular weight is 494 g/mol. The maximum absolute atomic E-state index is 13.7. The maximum atomic E-state index is 13.7. The van der Waals surface area contributed by atoms with Gasteiger partial charge in [0.2, 0.25) is 5.95 Å². The molecule has 1 aliphatic rings. The Balaban J connectivity index is 1.65. The Kier molecular flexibility index (Phi) is 7.01. The molecule has 11 heteroatoms. The molecule has 33 heavy (non-hydrogen) atoms. The number of aromatic nitrogens is 3. The lowest BCUT2D eigenvalue weighted by Crippen LogP contribution is -2.35. The lowest BCUT2D eigenvalue weighted by Gasteiger charge is -2.30. The minimum atomic E-state index is -4.59. The molecule has 0 spiro atoms. The van der Waals surface area contributed by atoms with Crippen molar-refractivity contribution in [3.8, 4) is 21.1 Å². The first-order valence-corrected chi connectivity index (χ1v) is 12.3. The van der Waals surface area contributed by atoms with Crippen LogP contribution in [0.4, 0.5) is 19.1 Å². The normalized spacial score (nSPS) is 15.5. The summed E-state index contributed by atoms with van der Waals surface area (Å²) in [6, 6.07) is 5.24. The van der Waals surface area contributed by atoms with E-state index in [-0.39, 0.29) is 17.7 Å². The van der Waals surface area contributed by atoms with Crippen LogP contribution in [0.2, 0.25) is 0 Å². The van der Waals surface area contributed by atoms with Gasteiger partial charge in [-0.3, -0.25) is 9.10 Å². The van der Waals surface area contributed by atoms with Crippen molar-refractivity contribution in [3.05, 3.63) is 47.3 Å². The number of hydrogen-bond donors (Lipinski definition) is 1. The summed E-state index contributed by atoms with van der Waals surface area (Å²) < 4.78 is 43.4. The van der Waals surface area contributed by atoms with Crippen molar-refractivity contribution < 1.29 is 18.0 Å². The molecule has 174 valence electrons. The number of anilines is 1. The number of rotatable bonds is 6. The zero-order valence-corrected chi connectivity index (χ0v) is 19.7. The molecule has 0 radical (unpaired) electrons. The van der Waals surface area contributed by atoms with Gasteiger partial charge >= 0.3 is 6.18 Å². The van der Waals surface area contributed by atoms with Gasteiger partial charge in [0.25, 0.3) is 0 Å². The van der Waals surface area contributed by atoms with E-state index in [0.29, 0.717) is 15.4 Å². The third-order valence-electron chi connectivity index (χ3n) is 5.50. The number of carbonyl (C=O) groups excluding carboxylic acids is 1. The summed E-state index contributed by atoms with van der Waals surface area (Å²) in [6.45, 7) is 3.62. The third-order valence-corrected chi connectivity index (χ3v) is 7.41. The first-order chi connectivity index (χ1) is 15.8. The van der Waals surface area contributed by atoms with E-state index in [4.69, 9.17) is 0 Å². The summed E-state index contributed by atoms with van der Waals surface area (Å²) in [7, 11) is 0. The molecule has 0 bridgehead atoms. The molecule has 0 amide bonds. The Bertz CT molecular complexity index is 1140. The minimum absolute atomic E-state index is 0.106. The predicted octanol–water partition coefficient (Wildman–Crippen LogP) is 5.56. The van der Waals surface area contributed by atoms with Crippen LogP contribution in [0.1, 0.15) is 34.3 Å². The highest BCUT2D eigenvalue weighted by Gasteiger charge is 2.36. The van der Waals surface area contributed by atoms with Gasteiger partial charge in [0.05, 0.1) is 10.6 Å².